The van der Waals surface area contributed by atoms with E-state index in [4.69, 9.17) is 5.11 Å². The van der Waals surface area contributed by atoms with Crippen molar-refractivity contribution in [2.24, 2.45) is 0 Å². The Morgan fingerprint density at radius 2 is 1.90 bits per heavy atom. The zero-order valence-corrected chi connectivity index (χ0v) is 9.99. The second-order valence-corrected chi connectivity index (χ2v) is 3.78. The van der Waals surface area contributed by atoms with Gasteiger partial charge in [-0.1, -0.05) is 0 Å². The van der Waals surface area contributed by atoms with Gasteiger partial charge in [0.05, 0.1) is 11.9 Å². The maximum atomic E-state index is 11.8. The summed E-state index contributed by atoms with van der Waals surface area (Å²) in [5, 5.41) is 12.0. The average Bonchev–Trinajstić information content (AvgIpc) is 2.74. The summed E-state index contributed by atoms with van der Waals surface area (Å²) < 4.78 is 0. The van der Waals surface area contributed by atoms with Gasteiger partial charge in [0.15, 0.2) is 0 Å². The van der Waals surface area contributed by atoms with Crippen LogP contribution in [0.25, 0.3) is 0 Å². The van der Waals surface area contributed by atoms with Gasteiger partial charge in [0.2, 0.25) is 6.29 Å². The Labute approximate surface area is 112 Å². The van der Waals surface area contributed by atoms with Crippen LogP contribution in [0.15, 0.2) is 36.1 Å². The molecule has 8 nitrogen and oxygen atoms in total. The van der Waals surface area contributed by atoms with Crippen molar-refractivity contribution in [3.05, 3.63) is 36.1 Å². The molecular weight excluding hydrogens is 266 g/mol. The number of hydrogen-bond donors (Lipinski definition) is 3. The number of carbonyl (C=O) groups is 4. The Hall–Kier alpha value is -3.16. The van der Waals surface area contributed by atoms with Crippen LogP contribution in [0.5, 0.6) is 0 Å². The van der Waals surface area contributed by atoms with Crippen LogP contribution < -0.4 is 15.8 Å². The first-order valence-corrected chi connectivity index (χ1v) is 5.43. The van der Waals surface area contributed by atoms with E-state index >= 15 is 0 Å². The van der Waals surface area contributed by atoms with Gasteiger partial charge < -0.3 is 10.4 Å². The number of benzene rings is 1. The van der Waals surface area contributed by atoms with E-state index < -0.39 is 17.7 Å². The lowest BCUT2D eigenvalue weighted by molar-refractivity contribution is -0.127. The van der Waals surface area contributed by atoms with E-state index in [-0.39, 0.29) is 11.9 Å². The highest BCUT2D eigenvalue weighted by atomic mass is 16.2. The van der Waals surface area contributed by atoms with E-state index in [2.05, 4.69) is 10.7 Å². The Morgan fingerprint density at radius 3 is 2.40 bits per heavy atom. The molecule has 1 aliphatic rings. The standard InChI is InChI=1S/C12H9N3O5/c16-5-9-11(19)14-15(12(9)20)8-3-1-7(2-4-8)13-10(18)6-17/h1-6,16H,(H,13,18)(H,14,19)/b9-5+. The van der Waals surface area contributed by atoms with Crippen molar-refractivity contribution >= 4 is 35.4 Å². The van der Waals surface area contributed by atoms with Crippen LogP contribution in [0, 0.1) is 0 Å². The lowest BCUT2D eigenvalue weighted by Gasteiger charge is -2.14. The third-order valence-corrected chi connectivity index (χ3v) is 2.52. The van der Waals surface area contributed by atoms with Gasteiger partial charge in [0, 0.05) is 5.69 Å². The molecule has 0 radical (unpaired) electrons. The van der Waals surface area contributed by atoms with E-state index in [1.165, 1.54) is 24.3 Å². The average molecular weight is 275 g/mol. The predicted octanol–water partition coefficient (Wildman–Crippen LogP) is -0.356. The van der Waals surface area contributed by atoms with Crippen molar-refractivity contribution in [1.82, 2.24) is 5.43 Å². The molecular formula is C12H9N3O5. The largest absolute Gasteiger partial charge is 0.515 e. The van der Waals surface area contributed by atoms with Crippen LogP contribution in [0.1, 0.15) is 0 Å². The van der Waals surface area contributed by atoms with Gasteiger partial charge in [-0.2, -0.15) is 0 Å². The fourth-order valence-corrected chi connectivity index (χ4v) is 1.59. The van der Waals surface area contributed by atoms with E-state index in [9.17, 15) is 19.2 Å². The van der Waals surface area contributed by atoms with Crippen molar-refractivity contribution in [3.63, 3.8) is 0 Å². The van der Waals surface area contributed by atoms with E-state index in [1.54, 1.807) is 0 Å². The summed E-state index contributed by atoms with van der Waals surface area (Å²) in [6, 6.07) is 5.82. The zero-order valence-electron chi connectivity index (χ0n) is 9.99. The number of anilines is 2. The molecule has 1 aromatic carbocycles. The minimum absolute atomic E-state index is 0.135. The van der Waals surface area contributed by atoms with Gasteiger partial charge in [-0.3, -0.25) is 24.6 Å². The lowest BCUT2D eigenvalue weighted by Crippen LogP contribution is -2.35. The quantitative estimate of drug-likeness (QED) is 0.229. The van der Waals surface area contributed by atoms with E-state index in [0.29, 0.717) is 17.6 Å². The lowest BCUT2D eigenvalue weighted by atomic mass is 10.2. The van der Waals surface area contributed by atoms with Crippen LogP contribution >= 0.6 is 0 Å². The summed E-state index contributed by atoms with van der Waals surface area (Å²) in [6.45, 7) is 0. The maximum absolute atomic E-state index is 11.8. The van der Waals surface area contributed by atoms with Crippen LogP contribution in [-0.4, -0.2) is 29.1 Å². The molecule has 3 amide bonds. The van der Waals surface area contributed by atoms with Gasteiger partial charge in [0.25, 0.3) is 17.7 Å². The van der Waals surface area contributed by atoms with Crippen molar-refractivity contribution in [2.75, 3.05) is 10.3 Å². The Kier molecular flexibility index (Phi) is 3.47. The van der Waals surface area contributed by atoms with Gasteiger partial charge in [-0.25, -0.2) is 5.01 Å². The topological polar surface area (TPSA) is 116 Å². The Morgan fingerprint density at radius 1 is 1.25 bits per heavy atom. The summed E-state index contributed by atoms with van der Waals surface area (Å²) in [7, 11) is 0. The van der Waals surface area contributed by atoms with E-state index in [1.807, 2.05) is 0 Å². The molecule has 8 heteroatoms. The summed E-state index contributed by atoms with van der Waals surface area (Å²) in [6.07, 6.45) is 0.576. The molecule has 0 bridgehead atoms. The first-order chi connectivity index (χ1) is 9.56. The fraction of sp³-hybridized carbons (Fsp3) is 0. The molecule has 0 unspecified atom stereocenters. The minimum Gasteiger partial charge on any atom is -0.515 e. The number of nitrogens with one attached hydrogen (secondary N) is 2. The molecule has 102 valence electrons. The zero-order chi connectivity index (χ0) is 14.7. The molecule has 1 heterocycles. The van der Waals surface area contributed by atoms with Crippen LogP contribution in [-0.2, 0) is 19.2 Å². The highest BCUT2D eigenvalue weighted by Gasteiger charge is 2.34. The molecule has 2 rings (SSSR count). The molecule has 0 atom stereocenters. The molecule has 0 spiro atoms. The second kappa shape index (κ2) is 5.22. The summed E-state index contributed by atoms with van der Waals surface area (Å²) in [5.41, 5.74) is 2.59. The molecule has 1 aromatic rings. The molecule has 1 aliphatic heterocycles. The molecule has 1 saturated heterocycles. The number of aldehydes is 1. The Bertz CT molecular complexity index is 620. The molecule has 0 aliphatic carbocycles. The van der Waals surface area contributed by atoms with Crippen LogP contribution in [0.4, 0.5) is 11.4 Å². The third kappa shape index (κ3) is 2.34. The number of aliphatic hydroxyl groups is 1. The molecule has 20 heavy (non-hydrogen) atoms. The van der Waals surface area contributed by atoms with Gasteiger partial charge >= 0.3 is 0 Å². The number of rotatable bonds is 3. The molecule has 3 N–H and O–H groups in total. The normalized spacial score (nSPS) is 16.2. The number of amides is 3. The first kappa shape index (κ1) is 13.3. The van der Waals surface area contributed by atoms with Gasteiger partial charge in [-0.05, 0) is 24.3 Å². The molecule has 0 aromatic heterocycles. The number of hydrogen-bond acceptors (Lipinski definition) is 5. The molecule has 1 fully saturated rings. The van der Waals surface area contributed by atoms with Crippen LogP contribution in [0.2, 0.25) is 0 Å². The second-order valence-electron chi connectivity index (χ2n) is 3.78. The number of hydrazine groups is 1. The van der Waals surface area contributed by atoms with Crippen LogP contribution in [0.3, 0.4) is 0 Å². The fourth-order valence-electron chi connectivity index (χ4n) is 1.59. The van der Waals surface area contributed by atoms with Crippen molar-refractivity contribution < 1.29 is 24.3 Å². The maximum Gasteiger partial charge on any atom is 0.288 e. The number of nitrogens with zero attached hydrogens (tertiary/aromatic N) is 1. The van der Waals surface area contributed by atoms with Crippen molar-refractivity contribution in [1.29, 1.82) is 0 Å². The van der Waals surface area contributed by atoms with E-state index in [0.717, 1.165) is 5.01 Å². The van der Waals surface area contributed by atoms with Gasteiger partial charge in [0.1, 0.15) is 5.57 Å². The third-order valence-electron chi connectivity index (χ3n) is 2.52. The number of aliphatic hydroxyl groups excluding tert-OH is 1. The Balaban J connectivity index is 2.19. The smallest absolute Gasteiger partial charge is 0.288 e. The summed E-state index contributed by atoms with van der Waals surface area (Å²) >= 11 is 0. The van der Waals surface area contributed by atoms with Crippen molar-refractivity contribution in [2.45, 2.75) is 0 Å². The summed E-state index contributed by atoms with van der Waals surface area (Å²) in [4.78, 5) is 44.2. The molecule has 0 saturated carbocycles. The monoisotopic (exact) mass is 275 g/mol. The highest BCUT2D eigenvalue weighted by Crippen LogP contribution is 2.21. The highest BCUT2D eigenvalue weighted by molar-refractivity contribution is 6.30. The summed E-state index contributed by atoms with van der Waals surface area (Å²) in [5.74, 6) is -2.20. The first-order valence-electron chi connectivity index (χ1n) is 5.43. The van der Waals surface area contributed by atoms with Crippen molar-refractivity contribution in [3.8, 4) is 0 Å². The minimum atomic E-state index is -0.797. The van der Waals surface area contributed by atoms with Gasteiger partial charge in [-0.15, -0.1) is 0 Å². The predicted molar refractivity (Wildman–Crippen MR) is 67.5 cm³/mol. The SMILES string of the molecule is O=CC(=O)Nc1ccc(N2NC(=O)/C(=C\O)C2=O)cc1. The number of carbonyl (C=O) groups excluding carboxylic acids is 4.